The number of hydrogen-bond acceptors (Lipinski definition) is 5. The molecule has 1 aliphatic rings. The number of benzene rings is 1. The van der Waals surface area contributed by atoms with Crippen LogP contribution in [0.1, 0.15) is 30.6 Å². The number of nitrogens with one attached hydrogen (secondary N) is 4. The maximum absolute atomic E-state index is 12.4. The Labute approximate surface area is 149 Å². The van der Waals surface area contributed by atoms with Crippen LogP contribution < -0.4 is 27.6 Å². The summed E-state index contributed by atoms with van der Waals surface area (Å²) in [6.07, 6.45) is 0.192. The monoisotopic (exact) mass is 358 g/mol. The van der Waals surface area contributed by atoms with E-state index in [2.05, 4.69) is 21.2 Å². The first kappa shape index (κ1) is 17.9. The van der Waals surface area contributed by atoms with E-state index in [0.29, 0.717) is 6.42 Å². The van der Waals surface area contributed by atoms with Gasteiger partial charge in [0.1, 0.15) is 0 Å². The Hall–Kier alpha value is -2.91. The number of aromatic amines is 1. The van der Waals surface area contributed by atoms with E-state index in [1.54, 1.807) is 0 Å². The quantitative estimate of drug-likeness (QED) is 0.391. The van der Waals surface area contributed by atoms with E-state index in [1.807, 2.05) is 31.2 Å². The highest BCUT2D eigenvalue weighted by molar-refractivity contribution is 5.91. The molecule has 26 heavy (non-hydrogen) atoms. The number of aromatic nitrogens is 1. The van der Waals surface area contributed by atoms with E-state index in [9.17, 15) is 14.4 Å². The number of hydrogen-bond donors (Lipinski definition) is 6. The van der Waals surface area contributed by atoms with Crippen molar-refractivity contribution in [2.24, 2.45) is 11.5 Å². The first-order valence-corrected chi connectivity index (χ1v) is 8.36. The third kappa shape index (κ3) is 3.53. The number of hydrazine groups is 1. The molecule has 1 aromatic carbocycles. The van der Waals surface area contributed by atoms with Crippen molar-refractivity contribution in [1.29, 1.82) is 0 Å². The van der Waals surface area contributed by atoms with Crippen LogP contribution in [-0.2, 0) is 20.8 Å². The van der Waals surface area contributed by atoms with E-state index in [-0.39, 0.29) is 18.4 Å². The van der Waals surface area contributed by atoms with Crippen LogP contribution in [0, 0.1) is 0 Å². The number of amides is 3. The number of rotatable bonds is 4. The molecule has 0 saturated heterocycles. The zero-order valence-electron chi connectivity index (χ0n) is 14.3. The highest BCUT2D eigenvalue weighted by Crippen LogP contribution is 2.31. The Morgan fingerprint density at radius 3 is 2.73 bits per heavy atom. The lowest BCUT2D eigenvalue weighted by molar-refractivity contribution is -0.131. The second kappa shape index (κ2) is 7.14. The van der Waals surface area contributed by atoms with Crippen molar-refractivity contribution in [2.45, 2.75) is 37.9 Å². The second-order valence-corrected chi connectivity index (χ2v) is 6.46. The second-order valence-electron chi connectivity index (χ2n) is 6.46. The van der Waals surface area contributed by atoms with Gasteiger partial charge in [-0.2, -0.15) is 0 Å². The van der Waals surface area contributed by atoms with Gasteiger partial charge in [-0.3, -0.25) is 30.6 Å². The molecule has 0 saturated carbocycles. The lowest BCUT2D eigenvalue weighted by Gasteiger charge is -2.28. The van der Waals surface area contributed by atoms with Crippen molar-refractivity contribution >= 4 is 28.6 Å². The van der Waals surface area contributed by atoms with E-state index in [0.717, 1.165) is 22.2 Å². The largest absolute Gasteiger partial charge is 0.370 e. The number of carbonyl (C=O) groups excluding carboxylic acids is 3. The van der Waals surface area contributed by atoms with E-state index in [1.165, 1.54) is 0 Å². The Balaban J connectivity index is 1.66. The minimum atomic E-state index is -1.11. The molecule has 0 radical (unpaired) electrons. The fourth-order valence-corrected chi connectivity index (χ4v) is 3.24. The molecule has 0 fully saturated rings. The molecule has 9 nitrogen and oxygen atoms in total. The van der Waals surface area contributed by atoms with E-state index < -0.39 is 23.9 Å². The van der Waals surface area contributed by atoms with Crippen molar-refractivity contribution < 1.29 is 14.4 Å². The Morgan fingerprint density at radius 2 is 2.00 bits per heavy atom. The van der Waals surface area contributed by atoms with Crippen LogP contribution in [0.2, 0.25) is 0 Å². The van der Waals surface area contributed by atoms with Crippen LogP contribution in [0.25, 0.3) is 10.9 Å². The summed E-state index contributed by atoms with van der Waals surface area (Å²) in [5.41, 5.74) is 18.3. The smallest absolute Gasteiger partial charge is 0.255 e. The van der Waals surface area contributed by atoms with Crippen LogP contribution in [0.4, 0.5) is 0 Å². The Morgan fingerprint density at radius 1 is 1.27 bits per heavy atom. The van der Waals surface area contributed by atoms with Crippen LogP contribution in [0.3, 0.4) is 0 Å². The molecule has 138 valence electrons. The van der Waals surface area contributed by atoms with Crippen molar-refractivity contribution in [1.82, 2.24) is 21.2 Å². The summed E-state index contributed by atoms with van der Waals surface area (Å²) in [6.45, 7) is 1.97. The average molecular weight is 358 g/mol. The minimum Gasteiger partial charge on any atom is -0.370 e. The molecule has 3 atom stereocenters. The average Bonchev–Trinajstić information content (AvgIpc) is 2.98. The van der Waals surface area contributed by atoms with E-state index in [4.69, 9.17) is 11.5 Å². The number of primary amides is 1. The molecular weight excluding hydrogens is 336 g/mol. The molecule has 2 aromatic rings. The van der Waals surface area contributed by atoms with Gasteiger partial charge in [0.15, 0.2) is 0 Å². The molecule has 1 aliphatic heterocycles. The predicted octanol–water partition coefficient (Wildman–Crippen LogP) is -0.907. The summed E-state index contributed by atoms with van der Waals surface area (Å²) in [6, 6.07) is 6.26. The summed E-state index contributed by atoms with van der Waals surface area (Å²) in [4.78, 5) is 38.4. The van der Waals surface area contributed by atoms with Crippen molar-refractivity contribution in [3.8, 4) is 0 Å². The number of fused-ring (bicyclic) bond motifs is 3. The molecule has 0 aliphatic carbocycles. The van der Waals surface area contributed by atoms with Gasteiger partial charge in [-0.05, 0) is 25.0 Å². The van der Waals surface area contributed by atoms with Gasteiger partial charge in [0, 0.05) is 22.6 Å². The molecular formula is C17H22N6O3. The van der Waals surface area contributed by atoms with Gasteiger partial charge in [0.25, 0.3) is 11.8 Å². The standard InChI is InChI=1S/C17H22N6O3/c1-8-15-10(9-4-2-3-5-12(9)21-15)6-13(20-8)17(26)23-22-16(25)11(18)7-14(19)24/h2-5,8,11,13,20-21H,6-7,18H2,1H3,(H2,19,24)(H,22,25)(H,23,26)/t8-,11-,13-/m0/s1. The first-order valence-electron chi connectivity index (χ1n) is 8.36. The van der Waals surface area contributed by atoms with Gasteiger partial charge in [0.05, 0.1) is 18.5 Å². The van der Waals surface area contributed by atoms with Gasteiger partial charge >= 0.3 is 0 Å². The van der Waals surface area contributed by atoms with Crippen molar-refractivity contribution in [3.63, 3.8) is 0 Å². The molecule has 8 N–H and O–H groups in total. The summed E-state index contributed by atoms with van der Waals surface area (Å²) in [7, 11) is 0. The molecule has 9 heteroatoms. The topological polar surface area (TPSA) is 155 Å². The third-order valence-electron chi connectivity index (χ3n) is 4.52. The number of para-hydroxylation sites is 1. The van der Waals surface area contributed by atoms with Gasteiger partial charge < -0.3 is 16.5 Å². The maximum atomic E-state index is 12.4. The zero-order chi connectivity index (χ0) is 18.8. The lowest BCUT2D eigenvalue weighted by atomic mass is 9.94. The molecule has 2 heterocycles. The summed E-state index contributed by atoms with van der Waals surface area (Å²) >= 11 is 0. The number of carbonyl (C=O) groups is 3. The molecule has 0 spiro atoms. The SMILES string of the molecule is C[C@@H]1N[C@H](C(=O)NNC(=O)[C@@H](N)CC(N)=O)Cc2c1[nH]c1ccccc21. The fraction of sp³-hybridized carbons (Fsp3) is 0.353. The lowest BCUT2D eigenvalue weighted by Crippen LogP contribution is -2.56. The highest BCUT2D eigenvalue weighted by atomic mass is 16.2. The minimum absolute atomic E-state index is 0.0466. The fourth-order valence-electron chi connectivity index (χ4n) is 3.24. The van der Waals surface area contributed by atoms with Gasteiger partial charge in [0.2, 0.25) is 5.91 Å². The number of H-pyrrole nitrogens is 1. The van der Waals surface area contributed by atoms with E-state index >= 15 is 0 Å². The summed E-state index contributed by atoms with van der Waals surface area (Å²) in [5, 5.41) is 4.30. The third-order valence-corrected chi connectivity index (χ3v) is 4.52. The zero-order valence-corrected chi connectivity index (χ0v) is 14.3. The Kier molecular flexibility index (Phi) is 4.92. The predicted molar refractivity (Wildman–Crippen MR) is 95.4 cm³/mol. The molecule has 1 aromatic heterocycles. The van der Waals surface area contributed by atoms with Crippen LogP contribution in [0.15, 0.2) is 24.3 Å². The highest BCUT2D eigenvalue weighted by Gasteiger charge is 2.31. The molecule has 0 unspecified atom stereocenters. The normalized spacial score (nSPS) is 20.2. The van der Waals surface area contributed by atoms with Crippen LogP contribution >= 0.6 is 0 Å². The van der Waals surface area contributed by atoms with Crippen molar-refractivity contribution in [2.75, 3.05) is 0 Å². The maximum Gasteiger partial charge on any atom is 0.255 e. The summed E-state index contributed by atoms with van der Waals surface area (Å²) in [5.74, 6) is -1.74. The number of nitrogens with two attached hydrogens (primary N) is 2. The van der Waals surface area contributed by atoms with Gasteiger partial charge in [-0.15, -0.1) is 0 Å². The summed E-state index contributed by atoms with van der Waals surface area (Å²) < 4.78 is 0. The van der Waals surface area contributed by atoms with Crippen molar-refractivity contribution in [3.05, 3.63) is 35.5 Å². The van der Waals surface area contributed by atoms with Gasteiger partial charge in [-0.1, -0.05) is 18.2 Å². The molecule has 3 rings (SSSR count). The molecule has 0 bridgehead atoms. The Bertz CT molecular complexity index is 861. The van der Waals surface area contributed by atoms with Gasteiger partial charge in [-0.25, -0.2) is 0 Å². The molecule has 3 amide bonds. The van der Waals surface area contributed by atoms with Crippen LogP contribution in [-0.4, -0.2) is 34.8 Å². The van der Waals surface area contributed by atoms with Crippen LogP contribution in [0.5, 0.6) is 0 Å². The first-order chi connectivity index (χ1) is 12.4.